The van der Waals surface area contributed by atoms with Crippen LogP contribution in [-0.2, 0) is 9.53 Å². The van der Waals surface area contributed by atoms with Crippen LogP contribution in [0.4, 0.5) is 0 Å². The largest absolute Gasteiger partial charge is 0.466 e. The fourth-order valence-corrected chi connectivity index (χ4v) is 2.09. The van der Waals surface area contributed by atoms with E-state index in [1.165, 1.54) is 5.57 Å². The predicted octanol–water partition coefficient (Wildman–Crippen LogP) is 3.34. The molecule has 0 aliphatic heterocycles. The van der Waals surface area contributed by atoms with Gasteiger partial charge < -0.3 is 4.74 Å². The summed E-state index contributed by atoms with van der Waals surface area (Å²) in [6, 6.07) is 0. The minimum absolute atomic E-state index is 0.0364. The maximum absolute atomic E-state index is 11.7. The van der Waals surface area contributed by atoms with Crippen molar-refractivity contribution in [3.05, 3.63) is 23.8 Å². The van der Waals surface area contributed by atoms with Gasteiger partial charge in [0.15, 0.2) is 0 Å². The molecule has 1 fully saturated rings. The Morgan fingerprint density at radius 3 is 2.50 bits per heavy atom. The molecule has 1 aliphatic carbocycles. The second kappa shape index (κ2) is 4.86. The highest BCUT2D eigenvalue weighted by atomic mass is 16.5. The summed E-state index contributed by atoms with van der Waals surface area (Å²) < 4.78 is 5.07. The zero-order valence-electron chi connectivity index (χ0n) is 10.9. The van der Waals surface area contributed by atoms with Gasteiger partial charge in [0.25, 0.3) is 0 Å². The molecule has 16 heavy (non-hydrogen) atoms. The molecular weight excluding hydrogens is 200 g/mol. The van der Waals surface area contributed by atoms with Crippen LogP contribution in [0, 0.1) is 17.3 Å². The van der Waals surface area contributed by atoms with Gasteiger partial charge in [-0.15, -0.1) is 0 Å². The minimum atomic E-state index is -0.0562. The Labute approximate surface area is 98.4 Å². The van der Waals surface area contributed by atoms with E-state index in [9.17, 15) is 4.79 Å². The second-order valence-electron chi connectivity index (χ2n) is 5.21. The maximum Gasteiger partial charge on any atom is 0.310 e. The summed E-state index contributed by atoms with van der Waals surface area (Å²) in [7, 11) is 0. The average Bonchev–Trinajstić information content (AvgIpc) is 2.68. The number of rotatable bonds is 4. The number of carbonyl (C=O) groups is 1. The first-order chi connectivity index (χ1) is 7.41. The molecule has 0 saturated heterocycles. The van der Waals surface area contributed by atoms with E-state index in [1.807, 2.05) is 13.0 Å². The van der Waals surface area contributed by atoms with Crippen molar-refractivity contribution in [3.8, 4) is 0 Å². The highest BCUT2D eigenvalue weighted by molar-refractivity contribution is 5.78. The normalized spacial score (nSPS) is 26.6. The first-order valence-electron chi connectivity index (χ1n) is 5.89. The van der Waals surface area contributed by atoms with Crippen LogP contribution in [0.2, 0.25) is 0 Å². The lowest BCUT2D eigenvalue weighted by atomic mass is 10.1. The number of ether oxygens (including phenoxy) is 1. The lowest BCUT2D eigenvalue weighted by Gasteiger charge is -2.01. The van der Waals surface area contributed by atoms with Gasteiger partial charge in [-0.25, -0.2) is 0 Å². The molecule has 0 aromatic rings. The molecule has 90 valence electrons. The van der Waals surface area contributed by atoms with Crippen LogP contribution in [0.15, 0.2) is 23.8 Å². The number of allylic oxidation sites excluding steroid dienone is 4. The minimum Gasteiger partial charge on any atom is -0.466 e. The zero-order valence-corrected chi connectivity index (χ0v) is 10.9. The topological polar surface area (TPSA) is 26.3 Å². The van der Waals surface area contributed by atoms with Crippen LogP contribution in [0.25, 0.3) is 0 Å². The average molecular weight is 222 g/mol. The lowest BCUT2D eigenvalue weighted by Crippen LogP contribution is -2.10. The Balaban J connectivity index is 2.61. The molecule has 0 heterocycles. The van der Waals surface area contributed by atoms with E-state index >= 15 is 0 Å². The van der Waals surface area contributed by atoms with Crippen LogP contribution in [0.3, 0.4) is 0 Å². The predicted molar refractivity (Wildman–Crippen MR) is 66.0 cm³/mol. The third kappa shape index (κ3) is 2.75. The molecule has 0 radical (unpaired) electrons. The molecule has 1 rings (SSSR count). The molecule has 0 bridgehead atoms. The van der Waals surface area contributed by atoms with Crippen molar-refractivity contribution in [2.45, 2.75) is 34.6 Å². The summed E-state index contributed by atoms with van der Waals surface area (Å²) in [5.74, 6) is 0.302. The molecule has 2 unspecified atom stereocenters. The molecule has 2 nitrogen and oxygen atoms in total. The third-order valence-electron chi connectivity index (χ3n) is 3.20. The van der Waals surface area contributed by atoms with Crippen LogP contribution >= 0.6 is 0 Å². The molecule has 0 aromatic heterocycles. The van der Waals surface area contributed by atoms with Gasteiger partial charge in [0, 0.05) is 0 Å². The summed E-state index contributed by atoms with van der Waals surface area (Å²) in [4.78, 5) is 11.7. The van der Waals surface area contributed by atoms with Crippen LogP contribution < -0.4 is 0 Å². The highest BCUT2D eigenvalue weighted by Crippen LogP contribution is 2.59. The zero-order chi connectivity index (χ0) is 12.3. The smallest absolute Gasteiger partial charge is 0.310 e. The Hall–Kier alpha value is -1.05. The SMILES string of the molecule is CCOC(=O)C1C(C=CC=C(C)C)C1(C)C. The van der Waals surface area contributed by atoms with E-state index in [0.29, 0.717) is 12.5 Å². The number of hydrogen-bond acceptors (Lipinski definition) is 2. The molecule has 0 N–H and O–H groups in total. The van der Waals surface area contributed by atoms with E-state index in [2.05, 4.69) is 39.8 Å². The van der Waals surface area contributed by atoms with Crippen molar-refractivity contribution < 1.29 is 9.53 Å². The van der Waals surface area contributed by atoms with E-state index in [-0.39, 0.29) is 17.3 Å². The Morgan fingerprint density at radius 1 is 1.38 bits per heavy atom. The van der Waals surface area contributed by atoms with Crippen molar-refractivity contribution in [2.75, 3.05) is 6.61 Å². The Bertz CT molecular complexity index is 320. The molecular formula is C14H22O2. The van der Waals surface area contributed by atoms with Gasteiger partial charge in [0.1, 0.15) is 0 Å². The van der Waals surface area contributed by atoms with Gasteiger partial charge in [-0.2, -0.15) is 0 Å². The molecule has 0 amide bonds. The Morgan fingerprint density at radius 2 is 2.00 bits per heavy atom. The van der Waals surface area contributed by atoms with Crippen molar-refractivity contribution in [1.82, 2.24) is 0 Å². The maximum atomic E-state index is 11.7. The van der Waals surface area contributed by atoms with Crippen LogP contribution in [0.5, 0.6) is 0 Å². The van der Waals surface area contributed by atoms with Crippen molar-refractivity contribution in [2.24, 2.45) is 17.3 Å². The van der Waals surface area contributed by atoms with E-state index < -0.39 is 0 Å². The second-order valence-corrected chi connectivity index (χ2v) is 5.21. The van der Waals surface area contributed by atoms with Crippen LogP contribution in [-0.4, -0.2) is 12.6 Å². The van der Waals surface area contributed by atoms with Crippen molar-refractivity contribution in [1.29, 1.82) is 0 Å². The van der Waals surface area contributed by atoms with Gasteiger partial charge in [-0.3, -0.25) is 4.79 Å². The molecule has 2 heteroatoms. The van der Waals surface area contributed by atoms with Gasteiger partial charge in [-0.05, 0) is 32.1 Å². The first-order valence-corrected chi connectivity index (χ1v) is 5.89. The van der Waals surface area contributed by atoms with E-state index in [4.69, 9.17) is 4.74 Å². The summed E-state index contributed by atoms with van der Waals surface area (Å²) in [5, 5.41) is 0. The number of carbonyl (C=O) groups excluding carboxylic acids is 1. The molecule has 0 aromatic carbocycles. The van der Waals surface area contributed by atoms with Crippen molar-refractivity contribution in [3.63, 3.8) is 0 Å². The van der Waals surface area contributed by atoms with E-state index in [1.54, 1.807) is 0 Å². The van der Waals surface area contributed by atoms with Gasteiger partial charge >= 0.3 is 5.97 Å². The first kappa shape index (κ1) is 13.0. The molecule has 2 atom stereocenters. The van der Waals surface area contributed by atoms with Gasteiger partial charge in [0.2, 0.25) is 0 Å². The highest BCUT2D eigenvalue weighted by Gasteiger charge is 2.61. The van der Waals surface area contributed by atoms with E-state index in [0.717, 1.165) is 0 Å². The monoisotopic (exact) mass is 222 g/mol. The standard InChI is InChI=1S/C14H22O2/c1-6-16-13(15)12-11(14(12,4)5)9-7-8-10(2)3/h7-9,11-12H,6H2,1-5H3. The molecule has 1 saturated carbocycles. The summed E-state index contributed by atoms with van der Waals surface area (Å²) in [6.07, 6.45) is 6.23. The lowest BCUT2D eigenvalue weighted by molar-refractivity contribution is -0.145. The quantitative estimate of drug-likeness (QED) is 0.538. The third-order valence-corrected chi connectivity index (χ3v) is 3.20. The summed E-state index contributed by atoms with van der Waals surface area (Å²) >= 11 is 0. The van der Waals surface area contributed by atoms with Crippen molar-refractivity contribution >= 4 is 5.97 Å². The number of esters is 1. The molecule has 1 aliphatic rings. The van der Waals surface area contributed by atoms with Gasteiger partial charge in [-0.1, -0.05) is 37.6 Å². The van der Waals surface area contributed by atoms with Crippen LogP contribution in [0.1, 0.15) is 34.6 Å². The number of hydrogen-bond donors (Lipinski definition) is 0. The fourth-order valence-electron chi connectivity index (χ4n) is 2.09. The summed E-state index contributed by atoms with van der Waals surface area (Å²) in [6.45, 7) is 10.7. The summed E-state index contributed by atoms with van der Waals surface area (Å²) in [5.41, 5.74) is 1.32. The van der Waals surface area contributed by atoms with Gasteiger partial charge in [0.05, 0.1) is 12.5 Å². The molecule has 0 spiro atoms. The Kier molecular flexibility index (Phi) is 3.95. The fraction of sp³-hybridized carbons (Fsp3) is 0.643.